The first-order chi connectivity index (χ1) is 9.95. The van der Waals surface area contributed by atoms with Crippen LogP contribution in [0, 0.1) is 0 Å². The fourth-order valence-electron chi connectivity index (χ4n) is 3.14. The number of hydrogen-bond donors (Lipinski definition) is 1. The molecule has 0 aromatic heterocycles. The second-order valence-electron chi connectivity index (χ2n) is 7.12. The minimum Gasteiger partial charge on any atom is -0.380 e. The summed E-state index contributed by atoms with van der Waals surface area (Å²) in [5.41, 5.74) is 8.95. The lowest BCUT2D eigenvalue weighted by Crippen LogP contribution is -2.43. The molecular weight excluding hydrogens is 260 g/mol. The highest BCUT2D eigenvalue weighted by atomic mass is 16.5. The van der Waals surface area contributed by atoms with Gasteiger partial charge in [-0.05, 0) is 35.9 Å². The lowest BCUT2D eigenvalue weighted by atomic mass is 9.86. The Balaban J connectivity index is 2.13. The Kier molecular flexibility index (Phi) is 5.42. The van der Waals surface area contributed by atoms with Crippen LogP contribution in [0.15, 0.2) is 24.3 Å². The monoisotopic (exact) mass is 290 g/mol. The molecule has 2 N–H and O–H groups in total. The molecule has 1 saturated heterocycles. The third-order valence-electron chi connectivity index (χ3n) is 4.57. The number of methoxy groups -OCH3 is 1. The quantitative estimate of drug-likeness (QED) is 0.926. The number of rotatable bonds is 4. The molecule has 0 bridgehead atoms. The van der Waals surface area contributed by atoms with Crippen molar-refractivity contribution in [2.75, 3.05) is 26.7 Å². The number of hydrogen-bond acceptors (Lipinski definition) is 3. The van der Waals surface area contributed by atoms with Crippen molar-refractivity contribution in [2.24, 2.45) is 5.73 Å². The molecular formula is C18H30N2O. The van der Waals surface area contributed by atoms with Crippen LogP contribution >= 0.6 is 0 Å². The average molecular weight is 290 g/mol. The minimum absolute atomic E-state index is 0.197. The van der Waals surface area contributed by atoms with Crippen molar-refractivity contribution in [1.29, 1.82) is 0 Å². The molecule has 1 aliphatic heterocycles. The van der Waals surface area contributed by atoms with Gasteiger partial charge in [0.05, 0.1) is 6.10 Å². The van der Waals surface area contributed by atoms with Gasteiger partial charge < -0.3 is 10.5 Å². The van der Waals surface area contributed by atoms with Gasteiger partial charge in [0.15, 0.2) is 0 Å². The first-order valence-electron chi connectivity index (χ1n) is 8.03. The van der Waals surface area contributed by atoms with Crippen LogP contribution in [0.25, 0.3) is 0 Å². The van der Waals surface area contributed by atoms with E-state index >= 15 is 0 Å². The van der Waals surface area contributed by atoms with E-state index in [1.165, 1.54) is 17.5 Å². The number of likely N-dealkylation sites (tertiary alicyclic amines) is 1. The van der Waals surface area contributed by atoms with Crippen LogP contribution in [0.3, 0.4) is 0 Å². The van der Waals surface area contributed by atoms with E-state index in [2.05, 4.69) is 49.9 Å². The zero-order chi connectivity index (χ0) is 15.5. The molecule has 1 aromatic carbocycles. The highest BCUT2D eigenvalue weighted by molar-refractivity contribution is 5.29. The van der Waals surface area contributed by atoms with Crippen LogP contribution in [0.2, 0.25) is 0 Å². The van der Waals surface area contributed by atoms with E-state index in [1.807, 2.05) is 7.11 Å². The predicted molar refractivity (Wildman–Crippen MR) is 88.5 cm³/mol. The molecule has 1 aliphatic rings. The summed E-state index contributed by atoms with van der Waals surface area (Å²) in [5, 5.41) is 0. The van der Waals surface area contributed by atoms with E-state index < -0.39 is 0 Å². The Morgan fingerprint density at radius 3 is 2.48 bits per heavy atom. The molecule has 21 heavy (non-hydrogen) atoms. The maximum Gasteiger partial charge on any atom is 0.0698 e. The van der Waals surface area contributed by atoms with E-state index in [1.54, 1.807) is 0 Å². The van der Waals surface area contributed by atoms with Gasteiger partial charge in [0.25, 0.3) is 0 Å². The molecule has 118 valence electrons. The first-order valence-corrected chi connectivity index (χ1v) is 8.03. The smallest absolute Gasteiger partial charge is 0.0698 e. The van der Waals surface area contributed by atoms with Gasteiger partial charge in [-0.15, -0.1) is 0 Å². The van der Waals surface area contributed by atoms with Gasteiger partial charge in [0.1, 0.15) is 0 Å². The first kappa shape index (κ1) is 16.5. The van der Waals surface area contributed by atoms with Gasteiger partial charge in [-0.3, -0.25) is 4.90 Å². The molecule has 0 aliphatic carbocycles. The summed E-state index contributed by atoms with van der Waals surface area (Å²) < 4.78 is 5.53. The van der Waals surface area contributed by atoms with Crippen LogP contribution < -0.4 is 5.73 Å². The van der Waals surface area contributed by atoms with Gasteiger partial charge in [-0.1, -0.05) is 45.0 Å². The molecule has 2 atom stereocenters. The number of benzene rings is 1. The van der Waals surface area contributed by atoms with Crippen LogP contribution in [0.5, 0.6) is 0 Å². The number of nitrogens with zero attached hydrogens (tertiary/aromatic N) is 1. The number of ether oxygens (including phenoxy) is 1. The summed E-state index contributed by atoms with van der Waals surface area (Å²) in [6.07, 6.45) is 2.70. The second-order valence-corrected chi connectivity index (χ2v) is 7.12. The fraction of sp³-hybridized carbons (Fsp3) is 0.667. The molecule has 2 rings (SSSR count). The van der Waals surface area contributed by atoms with Gasteiger partial charge in [-0.25, -0.2) is 0 Å². The molecule has 3 heteroatoms. The van der Waals surface area contributed by atoms with E-state index in [9.17, 15) is 0 Å². The minimum atomic E-state index is 0.197. The standard InChI is InChI=1S/C18H30N2O/c1-18(2,3)15-9-7-14(8-10-15)17(12-19)20-11-5-6-16(13-20)21-4/h7-10,16-17H,5-6,11-13,19H2,1-4H3. The maximum atomic E-state index is 6.06. The summed E-state index contributed by atoms with van der Waals surface area (Å²) in [4.78, 5) is 2.48. The Morgan fingerprint density at radius 1 is 1.29 bits per heavy atom. The lowest BCUT2D eigenvalue weighted by Gasteiger charge is -2.37. The molecule has 1 heterocycles. The SMILES string of the molecule is COC1CCCN(C(CN)c2ccc(C(C)(C)C)cc2)C1. The van der Waals surface area contributed by atoms with Crippen molar-refractivity contribution in [3.05, 3.63) is 35.4 Å². The molecule has 2 unspecified atom stereocenters. The maximum absolute atomic E-state index is 6.06. The number of nitrogens with two attached hydrogens (primary N) is 1. The van der Waals surface area contributed by atoms with Crippen LogP contribution in [0.4, 0.5) is 0 Å². The summed E-state index contributed by atoms with van der Waals surface area (Å²) in [5.74, 6) is 0. The zero-order valence-corrected chi connectivity index (χ0v) is 13.9. The lowest BCUT2D eigenvalue weighted by molar-refractivity contribution is 0.0155. The predicted octanol–water partition coefficient (Wildman–Crippen LogP) is 3.09. The Hall–Kier alpha value is -0.900. The second kappa shape index (κ2) is 6.91. The molecule has 0 spiro atoms. The third-order valence-corrected chi connectivity index (χ3v) is 4.57. The van der Waals surface area contributed by atoms with Gasteiger partial charge in [0, 0.05) is 26.2 Å². The normalized spacial score (nSPS) is 22.2. The van der Waals surface area contributed by atoms with E-state index in [4.69, 9.17) is 10.5 Å². The van der Waals surface area contributed by atoms with Crippen molar-refractivity contribution in [2.45, 2.75) is 51.2 Å². The fourth-order valence-corrected chi connectivity index (χ4v) is 3.14. The van der Waals surface area contributed by atoms with E-state index in [-0.39, 0.29) is 5.41 Å². The number of piperidine rings is 1. The van der Waals surface area contributed by atoms with Crippen molar-refractivity contribution < 1.29 is 4.74 Å². The summed E-state index contributed by atoms with van der Waals surface area (Å²) in [6, 6.07) is 9.28. The summed E-state index contributed by atoms with van der Waals surface area (Å²) >= 11 is 0. The highest BCUT2D eigenvalue weighted by Gasteiger charge is 2.26. The highest BCUT2D eigenvalue weighted by Crippen LogP contribution is 2.28. The van der Waals surface area contributed by atoms with Crippen molar-refractivity contribution in [3.63, 3.8) is 0 Å². The van der Waals surface area contributed by atoms with Gasteiger partial charge >= 0.3 is 0 Å². The van der Waals surface area contributed by atoms with Gasteiger partial charge in [0.2, 0.25) is 0 Å². The molecule has 1 fully saturated rings. The van der Waals surface area contributed by atoms with Crippen molar-refractivity contribution in [3.8, 4) is 0 Å². The largest absolute Gasteiger partial charge is 0.380 e. The average Bonchev–Trinajstić information content (AvgIpc) is 2.48. The molecule has 0 radical (unpaired) electrons. The van der Waals surface area contributed by atoms with Crippen LogP contribution in [-0.2, 0) is 10.2 Å². The molecule has 0 amide bonds. The van der Waals surface area contributed by atoms with Crippen LogP contribution in [0.1, 0.15) is 50.8 Å². The van der Waals surface area contributed by atoms with Gasteiger partial charge in [-0.2, -0.15) is 0 Å². The van der Waals surface area contributed by atoms with E-state index in [0.717, 1.165) is 19.5 Å². The molecule has 0 saturated carbocycles. The Labute approximate surface area is 129 Å². The Morgan fingerprint density at radius 2 is 1.95 bits per heavy atom. The summed E-state index contributed by atoms with van der Waals surface area (Å²) in [7, 11) is 1.81. The Bertz CT molecular complexity index is 436. The molecule has 1 aromatic rings. The topological polar surface area (TPSA) is 38.5 Å². The molecule has 3 nitrogen and oxygen atoms in total. The third kappa shape index (κ3) is 4.06. The van der Waals surface area contributed by atoms with E-state index in [0.29, 0.717) is 18.7 Å². The zero-order valence-electron chi connectivity index (χ0n) is 13.9. The summed E-state index contributed by atoms with van der Waals surface area (Å²) in [6.45, 7) is 9.50. The van der Waals surface area contributed by atoms with Crippen LogP contribution in [-0.4, -0.2) is 37.7 Å². The van der Waals surface area contributed by atoms with Crippen molar-refractivity contribution >= 4 is 0 Å². The van der Waals surface area contributed by atoms with Crippen molar-refractivity contribution in [1.82, 2.24) is 4.90 Å².